The first kappa shape index (κ1) is 27.9. The molecule has 44 heavy (non-hydrogen) atoms. The second-order valence-corrected chi connectivity index (χ2v) is 12.1. The number of ether oxygens (including phenoxy) is 2. The molecule has 2 aromatic heterocycles. The minimum atomic E-state index is -0.179. The number of hydrogen-bond acceptors (Lipinski definition) is 10. The van der Waals surface area contributed by atoms with Gasteiger partial charge in [0, 0.05) is 48.8 Å². The minimum Gasteiger partial charge on any atom is -0.463 e. The predicted octanol–water partition coefficient (Wildman–Crippen LogP) is 4.21. The smallest absolute Gasteiger partial charge is 0.282 e. The van der Waals surface area contributed by atoms with Crippen molar-refractivity contribution in [3.8, 4) is 22.3 Å². The van der Waals surface area contributed by atoms with E-state index in [0.29, 0.717) is 25.3 Å². The SMILES string of the molecule is NC1=N[C@@]2(CCCc3c(cccc3-c3cncnc3)C2)CO1.NC1=N[C@]2(CCCc3c(cccc3-c3cncnc3)C2)CO1. The van der Waals surface area contributed by atoms with Gasteiger partial charge in [0.25, 0.3) is 12.0 Å². The van der Waals surface area contributed by atoms with Crippen LogP contribution in [0.4, 0.5) is 0 Å². The molecule has 10 nitrogen and oxygen atoms in total. The van der Waals surface area contributed by atoms with Gasteiger partial charge in [0.15, 0.2) is 0 Å². The summed E-state index contributed by atoms with van der Waals surface area (Å²) in [4.78, 5) is 25.8. The van der Waals surface area contributed by atoms with Crippen molar-refractivity contribution in [1.29, 1.82) is 0 Å². The number of benzene rings is 2. The van der Waals surface area contributed by atoms with Crippen LogP contribution in [0, 0.1) is 0 Å². The number of amidine groups is 2. The van der Waals surface area contributed by atoms with Crippen molar-refractivity contribution >= 4 is 12.0 Å². The van der Waals surface area contributed by atoms with E-state index in [2.05, 4.69) is 66.3 Å². The highest BCUT2D eigenvalue weighted by molar-refractivity contribution is 5.75. The molecule has 2 atom stereocenters. The Hall–Kier alpha value is -4.86. The van der Waals surface area contributed by atoms with Crippen molar-refractivity contribution in [3.05, 3.63) is 96.1 Å². The number of nitrogens with zero attached hydrogens (tertiary/aromatic N) is 6. The lowest BCUT2D eigenvalue weighted by atomic mass is 9.88. The van der Waals surface area contributed by atoms with Crippen molar-refractivity contribution in [1.82, 2.24) is 19.9 Å². The Balaban J connectivity index is 0.000000142. The Bertz CT molecular complexity index is 1580. The summed E-state index contributed by atoms with van der Waals surface area (Å²) in [6, 6.07) is 13.6. The number of aromatic nitrogens is 4. The monoisotopic (exact) mass is 588 g/mol. The van der Waals surface area contributed by atoms with E-state index in [9.17, 15) is 0 Å². The first-order valence-electron chi connectivity index (χ1n) is 15.2. The molecule has 0 bridgehead atoms. The molecular formula is C34H36N8O2. The van der Waals surface area contributed by atoms with Gasteiger partial charge in [0.1, 0.15) is 36.9 Å². The fourth-order valence-corrected chi connectivity index (χ4v) is 7.13. The fraction of sp³-hybridized carbons (Fsp3) is 0.353. The van der Waals surface area contributed by atoms with E-state index in [0.717, 1.165) is 62.5 Å². The van der Waals surface area contributed by atoms with Crippen LogP contribution in [0.5, 0.6) is 0 Å². The van der Waals surface area contributed by atoms with Gasteiger partial charge in [-0.15, -0.1) is 0 Å². The third-order valence-electron chi connectivity index (χ3n) is 9.14. The maximum atomic E-state index is 5.74. The van der Waals surface area contributed by atoms with Crippen molar-refractivity contribution in [3.63, 3.8) is 0 Å². The molecule has 2 aliphatic carbocycles. The highest BCUT2D eigenvalue weighted by atomic mass is 16.5. The summed E-state index contributed by atoms with van der Waals surface area (Å²) in [6.07, 6.45) is 18.6. The zero-order chi connectivity index (χ0) is 30.0. The van der Waals surface area contributed by atoms with Gasteiger partial charge in [-0.2, -0.15) is 0 Å². The third-order valence-corrected chi connectivity index (χ3v) is 9.14. The molecule has 2 aliphatic heterocycles. The van der Waals surface area contributed by atoms with Crippen molar-refractivity contribution in [2.75, 3.05) is 13.2 Å². The second kappa shape index (κ2) is 11.7. The lowest BCUT2D eigenvalue weighted by molar-refractivity contribution is 0.241. The van der Waals surface area contributed by atoms with Crippen LogP contribution in [0.15, 0.2) is 83.8 Å². The first-order valence-corrected chi connectivity index (χ1v) is 15.2. The molecule has 0 radical (unpaired) electrons. The fourth-order valence-electron chi connectivity index (χ4n) is 7.13. The molecule has 2 aromatic carbocycles. The molecule has 224 valence electrons. The van der Waals surface area contributed by atoms with E-state index in [1.807, 2.05) is 24.8 Å². The number of hydrogen-bond donors (Lipinski definition) is 2. The molecule has 0 saturated heterocycles. The molecule has 10 heteroatoms. The highest BCUT2D eigenvalue weighted by Crippen LogP contribution is 2.38. The summed E-state index contributed by atoms with van der Waals surface area (Å²) in [5.74, 6) is 0. The molecular weight excluding hydrogens is 552 g/mol. The Kier molecular flexibility index (Phi) is 7.41. The molecule has 4 aromatic rings. The van der Waals surface area contributed by atoms with E-state index < -0.39 is 0 Å². The standard InChI is InChI=1S/2C17H18N4O/c2*18-16-21-17(10-22-16)6-2-5-14-12(7-17)3-1-4-15(14)13-8-19-11-20-9-13/h2*1,3-4,8-9,11H,2,5-7,10H2,(H2,18,21)/t2*17-/m10/s1. The van der Waals surface area contributed by atoms with E-state index in [4.69, 9.17) is 20.9 Å². The average molecular weight is 589 g/mol. The molecule has 0 amide bonds. The molecule has 0 saturated carbocycles. The van der Waals surface area contributed by atoms with Crippen LogP contribution in [0.25, 0.3) is 22.3 Å². The van der Waals surface area contributed by atoms with Crippen LogP contribution >= 0.6 is 0 Å². The van der Waals surface area contributed by atoms with E-state index in [1.165, 1.54) is 33.4 Å². The van der Waals surface area contributed by atoms with Gasteiger partial charge < -0.3 is 20.9 Å². The predicted molar refractivity (Wildman–Crippen MR) is 169 cm³/mol. The van der Waals surface area contributed by atoms with E-state index >= 15 is 0 Å². The van der Waals surface area contributed by atoms with Crippen LogP contribution in [0.3, 0.4) is 0 Å². The van der Waals surface area contributed by atoms with Gasteiger partial charge in [-0.05, 0) is 71.9 Å². The van der Waals surface area contributed by atoms with Gasteiger partial charge in [0.05, 0.1) is 0 Å². The van der Waals surface area contributed by atoms with Crippen molar-refractivity contribution in [2.45, 2.75) is 62.4 Å². The summed E-state index contributed by atoms with van der Waals surface area (Å²) >= 11 is 0. The number of nitrogens with two attached hydrogens (primary N) is 2. The Morgan fingerprint density at radius 1 is 0.591 bits per heavy atom. The van der Waals surface area contributed by atoms with Gasteiger partial charge in [-0.3, -0.25) is 0 Å². The zero-order valence-electron chi connectivity index (χ0n) is 24.7. The lowest BCUT2D eigenvalue weighted by Gasteiger charge is -2.22. The molecule has 4 heterocycles. The third kappa shape index (κ3) is 5.59. The van der Waals surface area contributed by atoms with Crippen molar-refractivity contribution < 1.29 is 9.47 Å². The maximum absolute atomic E-state index is 5.74. The van der Waals surface area contributed by atoms with Crippen LogP contribution in [-0.2, 0) is 35.2 Å². The van der Waals surface area contributed by atoms with Crippen molar-refractivity contribution in [2.24, 2.45) is 21.5 Å². The number of aliphatic imine (C=N–C) groups is 2. The Morgan fingerprint density at radius 2 is 1.02 bits per heavy atom. The largest absolute Gasteiger partial charge is 0.463 e. The van der Waals surface area contributed by atoms with Gasteiger partial charge in [-0.1, -0.05) is 36.4 Å². The Morgan fingerprint density at radius 3 is 1.41 bits per heavy atom. The topological polar surface area (TPSA) is 147 Å². The second-order valence-electron chi connectivity index (χ2n) is 12.1. The van der Waals surface area contributed by atoms with Crippen LogP contribution in [-0.4, -0.2) is 56.3 Å². The summed E-state index contributed by atoms with van der Waals surface area (Å²) in [5.41, 5.74) is 21.2. The summed E-state index contributed by atoms with van der Waals surface area (Å²) in [7, 11) is 0. The summed E-state index contributed by atoms with van der Waals surface area (Å²) < 4.78 is 10.9. The number of fused-ring (bicyclic) bond motifs is 2. The maximum Gasteiger partial charge on any atom is 0.282 e. The molecule has 8 rings (SSSR count). The average Bonchev–Trinajstić information content (AvgIpc) is 3.45. The zero-order valence-corrected chi connectivity index (χ0v) is 24.7. The minimum absolute atomic E-state index is 0.179. The lowest BCUT2D eigenvalue weighted by Crippen LogP contribution is -2.30. The number of rotatable bonds is 2. The highest BCUT2D eigenvalue weighted by Gasteiger charge is 2.39. The quantitative estimate of drug-likeness (QED) is 0.354. The molecule has 2 spiro atoms. The van der Waals surface area contributed by atoms with E-state index in [1.54, 1.807) is 12.7 Å². The normalized spacial score (nSPS) is 23.5. The van der Waals surface area contributed by atoms with Crippen LogP contribution in [0.2, 0.25) is 0 Å². The summed E-state index contributed by atoms with van der Waals surface area (Å²) in [5, 5.41) is 0. The molecule has 4 N–H and O–H groups in total. The molecule has 0 unspecified atom stereocenters. The summed E-state index contributed by atoms with van der Waals surface area (Å²) in [6.45, 7) is 1.19. The first-order chi connectivity index (χ1) is 21.5. The Labute approximate surface area is 256 Å². The molecule has 4 aliphatic rings. The van der Waals surface area contributed by atoms with Crippen LogP contribution < -0.4 is 11.5 Å². The molecule has 0 fully saturated rings. The van der Waals surface area contributed by atoms with E-state index in [-0.39, 0.29) is 11.1 Å². The van der Waals surface area contributed by atoms with Gasteiger partial charge in [0.2, 0.25) is 0 Å². The van der Waals surface area contributed by atoms with Gasteiger partial charge >= 0.3 is 0 Å². The van der Waals surface area contributed by atoms with Gasteiger partial charge in [-0.25, -0.2) is 29.9 Å². The van der Waals surface area contributed by atoms with Crippen LogP contribution in [0.1, 0.15) is 47.9 Å².